The van der Waals surface area contributed by atoms with Crippen LogP contribution in [0.15, 0.2) is 0 Å². The fourth-order valence-corrected chi connectivity index (χ4v) is 2.34. The van der Waals surface area contributed by atoms with Gasteiger partial charge in [0.05, 0.1) is 19.1 Å². The molecule has 108 valence electrons. The highest BCUT2D eigenvalue weighted by molar-refractivity contribution is 5.83. The van der Waals surface area contributed by atoms with E-state index in [9.17, 15) is 9.59 Å². The Morgan fingerprint density at radius 2 is 2.42 bits per heavy atom. The van der Waals surface area contributed by atoms with Crippen molar-refractivity contribution in [2.24, 2.45) is 0 Å². The maximum absolute atomic E-state index is 12.0. The van der Waals surface area contributed by atoms with Crippen LogP contribution in [0.3, 0.4) is 0 Å². The fraction of sp³-hybridized carbons (Fsp3) is 0.846. The molecule has 0 radical (unpaired) electrons. The van der Waals surface area contributed by atoms with Crippen LogP contribution in [-0.2, 0) is 19.1 Å². The van der Waals surface area contributed by atoms with Crippen LogP contribution in [0, 0.1) is 0 Å². The van der Waals surface area contributed by atoms with E-state index in [4.69, 9.17) is 9.47 Å². The van der Waals surface area contributed by atoms with Crippen molar-refractivity contribution in [3.63, 3.8) is 0 Å². The molecule has 2 N–H and O–H groups in total. The van der Waals surface area contributed by atoms with Crippen molar-refractivity contribution in [1.82, 2.24) is 10.6 Å². The summed E-state index contributed by atoms with van der Waals surface area (Å²) in [5.74, 6) is -0.379. The minimum atomic E-state index is -0.635. The van der Waals surface area contributed by atoms with Crippen molar-refractivity contribution in [2.75, 3.05) is 13.2 Å². The maximum Gasteiger partial charge on any atom is 0.310 e. The molecule has 6 nitrogen and oxygen atoms in total. The van der Waals surface area contributed by atoms with Crippen LogP contribution in [-0.4, -0.2) is 43.4 Å². The summed E-state index contributed by atoms with van der Waals surface area (Å²) in [7, 11) is 0. The highest BCUT2D eigenvalue weighted by atomic mass is 16.7. The Morgan fingerprint density at radius 1 is 1.58 bits per heavy atom. The number of nitrogens with one attached hydrogen (secondary N) is 2. The molecule has 0 unspecified atom stereocenters. The first-order valence-corrected chi connectivity index (χ1v) is 7.05. The lowest BCUT2D eigenvalue weighted by Crippen LogP contribution is -2.48. The third kappa shape index (κ3) is 3.91. The summed E-state index contributed by atoms with van der Waals surface area (Å²) in [6.45, 7) is 3.48. The summed E-state index contributed by atoms with van der Waals surface area (Å²) in [4.78, 5) is 23.3. The quantitative estimate of drug-likeness (QED) is 0.537. The molecular weight excluding hydrogens is 248 g/mol. The van der Waals surface area contributed by atoms with E-state index in [1.807, 2.05) is 0 Å². The van der Waals surface area contributed by atoms with E-state index in [2.05, 4.69) is 17.6 Å². The van der Waals surface area contributed by atoms with Crippen LogP contribution in [0.4, 0.5) is 0 Å². The van der Waals surface area contributed by atoms with Gasteiger partial charge in [0.2, 0.25) is 12.2 Å². The van der Waals surface area contributed by atoms with Gasteiger partial charge in [0, 0.05) is 0 Å². The minimum Gasteiger partial charge on any atom is -0.433 e. The molecule has 0 aromatic heterocycles. The third-order valence-corrected chi connectivity index (χ3v) is 3.45. The van der Waals surface area contributed by atoms with Gasteiger partial charge in [0.1, 0.15) is 6.04 Å². The van der Waals surface area contributed by atoms with Crippen molar-refractivity contribution in [1.29, 1.82) is 0 Å². The molecule has 2 saturated heterocycles. The van der Waals surface area contributed by atoms with Crippen molar-refractivity contribution in [3.8, 4) is 0 Å². The number of hydrogen-bond donors (Lipinski definition) is 2. The second-order valence-corrected chi connectivity index (χ2v) is 5.05. The Kier molecular flexibility index (Phi) is 5.15. The standard InChI is InChI=1S/C13H22N2O4/c1-2-3-7-18-13-10(8-11(16)19-13)15-12(17)9-5-4-6-14-9/h9-10,13-14H,2-8H2,1H3,(H,15,17)/t9-,10-,13-/m0/s1. The van der Waals surface area contributed by atoms with Crippen LogP contribution in [0.25, 0.3) is 0 Å². The van der Waals surface area contributed by atoms with Crippen molar-refractivity contribution in [3.05, 3.63) is 0 Å². The van der Waals surface area contributed by atoms with Gasteiger partial charge < -0.3 is 20.1 Å². The molecule has 0 aromatic carbocycles. The number of rotatable bonds is 6. The van der Waals surface area contributed by atoms with E-state index in [0.717, 1.165) is 32.2 Å². The van der Waals surface area contributed by atoms with Gasteiger partial charge in [-0.05, 0) is 25.8 Å². The van der Waals surface area contributed by atoms with E-state index in [1.165, 1.54) is 0 Å². The van der Waals surface area contributed by atoms with Crippen molar-refractivity contribution >= 4 is 11.9 Å². The molecule has 0 aliphatic carbocycles. The molecule has 3 atom stereocenters. The van der Waals surface area contributed by atoms with Gasteiger partial charge in [-0.25, -0.2) is 0 Å². The lowest BCUT2D eigenvalue weighted by atomic mass is 10.1. The SMILES string of the molecule is CCCCO[C@H]1OC(=O)C[C@@H]1NC(=O)[C@@H]1CCCN1. The number of ether oxygens (including phenoxy) is 2. The molecule has 6 heteroatoms. The molecule has 2 aliphatic heterocycles. The van der Waals surface area contributed by atoms with Gasteiger partial charge in [-0.15, -0.1) is 0 Å². The molecule has 1 amide bonds. The average molecular weight is 270 g/mol. The molecular formula is C13H22N2O4. The van der Waals surface area contributed by atoms with E-state index in [-0.39, 0.29) is 30.4 Å². The Balaban J connectivity index is 1.82. The second kappa shape index (κ2) is 6.86. The zero-order valence-corrected chi connectivity index (χ0v) is 11.3. The van der Waals surface area contributed by atoms with Crippen LogP contribution >= 0.6 is 0 Å². The van der Waals surface area contributed by atoms with Gasteiger partial charge in [0.25, 0.3) is 0 Å². The highest BCUT2D eigenvalue weighted by Crippen LogP contribution is 2.17. The van der Waals surface area contributed by atoms with Gasteiger partial charge >= 0.3 is 5.97 Å². The Morgan fingerprint density at radius 3 is 3.11 bits per heavy atom. The zero-order chi connectivity index (χ0) is 13.7. The second-order valence-electron chi connectivity index (χ2n) is 5.05. The molecule has 0 bridgehead atoms. The van der Waals surface area contributed by atoms with Gasteiger partial charge in [-0.1, -0.05) is 13.3 Å². The molecule has 2 fully saturated rings. The lowest BCUT2D eigenvalue weighted by molar-refractivity contribution is -0.165. The highest BCUT2D eigenvalue weighted by Gasteiger charge is 2.38. The van der Waals surface area contributed by atoms with Gasteiger partial charge in [-0.2, -0.15) is 0 Å². The van der Waals surface area contributed by atoms with Crippen LogP contribution in [0.2, 0.25) is 0 Å². The van der Waals surface area contributed by atoms with Crippen LogP contribution < -0.4 is 10.6 Å². The Labute approximate surface area is 113 Å². The third-order valence-electron chi connectivity index (χ3n) is 3.45. The molecule has 2 aliphatic rings. The summed E-state index contributed by atoms with van der Waals surface area (Å²) in [6.07, 6.45) is 3.34. The molecule has 0 aromatic rings. The molecule has 19 heavy (non-hydrogen) atoms. The maximum atomic E-state index is 12.0. The molecule has 2 heterocycles. The number of carbonyl (C=O) groups excluding carboxylic acids is 2. The van der Waals surface area contributed by atoms with Crippen LogP contribution in [0.1, 0.15) is 39.0 Å². The topological polar surface area (TPSA) is 76.7 Å². The van der Waals surface area contributed by atoms with E-state index in [1.54, 1.807) is 0 Å². The lowest BCUT2D eigenvalue weighted by Gasteiger charge is -2.20. The van der Waals surface area contributed by atoms with Crippen LogP contribution in [0.5, 0.6) is 0 Å². The Bertz CT molecular complexity index is 329. The van der Waals surface area contributed by atoms with E-state index >= 15 is 0 Å². The normalized spacial score (nSPS) is 30.4. The van der Waals surface area contributed by atoms with E-state index < -0.39 is 6.29 Å². The Hall–Kier alpha value is -1.14. The summed E-state index contributed by atoms with van der Waals surface area (Å²) in [5, 5.41) is 5.99. The monoisotopic (exact) mass is 270 g/mol. The molecule has 0 spiro atoms. The minimum absolute atomic E-state index is 0.0649. The first kappa shape index (κ1) is 14.3. The zero-order valence-electron chi connectivity index (χ0n) is 11.3. The number of cyclic esters (lactones) is 1. The van der Waals surface area contributed by atoms with Gasteiger partial charge in [0.15, 0.2) is 0 Å². The molecule has 0 saturated carbocycles. The van der Waals surface area contributed by atoms with Gasteiger partial charge in [-0.3, -0.25) is 9.59 Å². The average Bonchev–Trinajstić information content (AvgIpc) is 3.00. The van der Waals surface area contributed by atoms with Crippen molar-refractivity contribution in [2.45, 2.75) is 57.4 Å². The van der Waals surface area contributed by atoms with E-state index in [0.29, 0.717) is 6.61 Å². The summed E-state index contributed by atoms with van der Waals surface area (Å²) in [5.41, 5.74) is 0. The summed E-state index contributed by atoms with van der Waals surface area (Å²) >= 11 is 0. The predicted octanol–water partition coefficient (Wildman–Crippen LogP) is 0.313. The predicted molar refractivity (Wildman–Crippen MR) is 68.3 cm³/mol. The number of unbranched alkanes of at least 4 members (excludes halogenated alkanes) is 1. The molecule has 2 rings (SSSR count). The summed E-state index contributed by atoms with van der Waals surface area (Å²) < 4.78 is 10.6. The summed E-state index contributed by atoms with van der Waals surface area (Å²) in [6, 6.07) is -0.508. The largest absolute Gasteiger partial charge is 0.433 e. The smallest absolute Gasteiger partial charge is 0.310 e. The number of esters is 1. The number of carbonyl (C=O) groups is 2. The first-order chi connectivity index (χ1) is 9.20. The number of amides is 1. The number of hydrogen-bond acceptors (Lipinski definition) is 5. The van der Waals surface area contributed by atoms with Crippen molar-refractivity contribution < 1.29 is 19.1 Å². The first-order valence-electron chi connectivity index (χ1n) is 7.05. The fourth-order valence-electron chi connectivity index (χ4n) is 2.34.